The minimum Gasteiger partial charge on any atom is -0.490 e. The van der Waals surface area contributed by atoms with Crippen LogP contribution in [0, 0.1) is 0 Å². The lowest BCUT2D eigenvalue weighted by Crippen LogP contribution is -2.10. The first-order valence-corrected chi connectivity index (χ1v) is 9.04. The maximum atomic E-state index is 10.9. The molecule has 0 spiro atoms. The summed E-state index contributed by atoms with van der Waals surface area (Å²) in [6, 6.07) is 12.9. The first kappa shape index (κ1) is 20.8. The number of hydrogen-bond acceptors (Lipinski definition) is 4. The summed E-state index contributed by atoms with van der Waals surface area (Å²) >= 11 is 5.88. The molecule has 0 aliphatic rings. The Hall–Kier alpha value is -2.53. The van der Waals surface area contributed by atoms with E-state index in [0.717, 1.165) is 0 Å². The van der Waals surface area contributed by atoms with Gasteiger partial charge in [0.05, 0.1) is 10.6 Å². The molecule has 0 saturated heterocycles. The van der Waals surface area contributed by atoms with Gasteiger partial charge < -0.3 is 14.7 Å². The van der Waals surface area contributed by atoms with Crippen molar-refractivity contribution in [2.75, 3.05) is 13.2 Å². The molecule has 0 atom stereocenters. The van der Waals surface area contributed by atoms with Gasteiger partial charge in [0.1, 0.15) is 12.4 Å². The highest BCUT2D eigenvalue weighted by Gasteiger charge is 2.12. The van der Waals surface area contributed by atoms with E-state index in [1.807, 2.05) is 0 Å². The molecule has 0 radical (unpaired) electrons. The number of carboxylic acids is 1. The third kappa shape index (κ3) is 6.61. The van der Waals surface area contributed by atoms with Gasteiger partial charge >= 0.3 is 5.97 Å². The van der Waals surface area contributed by atoms with Gasteiger partial charge in [0.2, 0.25) is 0 Å². The Balaban J connectivity index is 1.69. The average Bonchev–Trinajstić information content (AvgIpc) is 2.60. The molecule has 0 amide bonds. The predicted octanol–water partition coefficient (Wildman–Crippen LogP) is 4.96. The number of ether oxygens (including phenoxy) is 1. The number of carbonyl (C=O) groups is 1. The molecule has 0 heterocycles. The van der Waals surface area contributed by atoms with Crippen molar-refractivity contribution in [2.24, 2.45) is 5.16 Å². The zero-order chi connectivity index (χ0) is 19.9. The van der Waals surface area contributed by atoms with Crippen molar-refractivity contribution in [1.29, 1.82) is 0 Å². The number of oxime groups is 1. The lowest BCUT2D eigenvalue weighted by molar-refractivity contribution is 0.0697. The van der Waals surface area contributed by atoms with Gasteiger partial charge in [-0.15, -0.1) is 0 Å². The van der Waals surface area contributed by atoms with Gasteiger partial charge in [-0.25, -0.2) is 4.79 Å². The van der Waals surface area contributed by atoms with Crippen LogP contribution in [0.15, 0.2) is 47.6 Å². The van der Waals surface area contributed by atoms with Gasteiger partial charge in [-0.05, 0) is 34.7 Å². The van der Waals surface area contributed by atoms with Gasteiger partial charge in [-0.2, -0.15) is 0 Å². The van der Waals surface area contributed by atoms with Crippen LogP contribution in [0.5, 0.6) is 5.75 Å². The lowest BCUT2D eigenvalue weighted by Gasteiger charge is -2.18. The van der Waals surface area contributed by atoms with Crippen LogP contribution in [0.4, 0.5) is 0 Å². The monoisotopic (exact) mass is 389 g/mol. The second-order valence-corrected chi connectivity index (χ2v) is 7.47. The second-order valence-electron chi connectivity index (χ2n) is 7.07. The van der Waals surface area contributed by atoms with Crippen LogP contribution in [-0.4, -0.2) is 30.5 Å². The summed E-state index contributed by atoms with van der Waals surface area (Å²) < 4.78 is 5.46. The molecule has 0 aliphatic heterocycles. The number of hydrogen-bond donors (Lipinski definition) is 1. The lowest BCUT2D eigenvalue weighted by atomic mass is 9.86. The fourth-order valence-electron chi connectivity index (χ4n) is 2.34. The first-order valence-electron chi connectivity index (χ1n) is 8.66. The van der Waals surface area contributed by atoms with Crippen LogP contribution in [-0.2, 0) is 16.7 Å². The van der Waals surface area contributed by atoms with Gasteiger partial charge in [0, 0.05) is 12.6 Å². The summed E-state index contributed by atoms with van der Waals surface area (Å²) in [7, 11) is 0. The Kier molecular flexibility index (Phi) is 7.25. The Morgan fingerprint density at radius 3 is 2.44 bits per heavy atom. The molecule has 5 nitrogen and oxygen atoms in total. The van der Waals surface area contributed by atoms with Crippen molar-refractivity contribution in [1.82, 2.24) is 0 Å². The summed E-state index contributed by atoms with van der Waals surface area (Å²) in [5, 5.41) is 13.0. The van der Waals surface area contributed by atoms with Crippen molar-refractivity contribution in [3.05, 3.63) is 64.2 Å². The zero-order valence-corrected chi connectivity index (χ0v) is 16.5. The predicted molar refractivity (Wildman–Crippen MR) is 107 cm³/mol. The fourth-order valence-corrected chi connectivity index (χ4v) is 2.60. The quantitative estimate of drug-likeness (QED) is 0.393. The Bertz CT molecular complexity index is 795. The molecule has 2 aromatic rings. The van der Waals surface area contributed by atoms with E-state index in [-0.39, 0.29) is 29.2 Å². The molecule has 2 rings (SSSR count). The SMILES string of the molecule is CC(C)(C)c1ccc(CC=NOCCOc2ccc(C(=O)O)c(Cl)c2)cc1. The first-order chi connectivity index (χ1) is 12.8. The molecule has 0 fully saturated rings. The summed E-state index contributed by atoms with van der Waals surface area (Å²) in [6.45, 7) is 7.12. The van der Waals surface area contributed by atoms with Gasteiger partial charge in [0.25, 0.3) is 0 Å². The number of aromatic carboxylic acids is 1. The highest BCUT2D eigenvalue weighted by Crippen LogP contribution is 2.23. The van der Waals surface area contributed by atoms with Crippen LogP contribution < -0.4 is 4.74 Å². The molecule has 144 valence electrons. The van der Waals surface area contributed by atoms with E-state index in [1.54, 1.807) is 12.3 Å². The maximum Gasteiger partial charge on any atom is 0.337 e. The minimum atomic E-state index is -1.07. The average molecular weight is 390 g/mol. The summed E-state index contributed by atoms with van der Waals surface area (Å²) in [5.74, 6) is -0.589. The van der Waals surface area contributed by atoms with Crippen LogP contribution in [0.3, 0.4) is 0 Å². The van der Waals surface area contributed by atoms with Crippen LogP contribution in [0.2, 0.25) is 5.02 Å². The zero-order valence-electron chi connectivity index (χ0n) is 15.7. The number of rotatable bonds is 8. The van der Waals surface area contributed by atoms with E-state index < -0.39 is 5.97 Å². The van der Waals surface area contributed by atoms with Crippen LogP contribution in [0.1, 0.15) is 42.3 Å². The molecular formula is C21H24ClNO4. The Morgan fingerprint density at radius 1 is 1.15 bits per heavy atom. The van der Waals surface area contributed by atoms with Crippen molar-refractivity contribution in [2.45, 2.75) is 32.6 Å². The molecule has 0 saturated carbocycles. The largest absolute Gasteiger partial charge is 0.490 e. The molecule has 0 aliphatic carbocycles. The highest BCUT2D eigenvalue weighted by atomic mass is 35.5. The number of halogens is 1. The van der Waals surface area contributed by atoms with Gasteiger partial charge in [0.15, 0.2) is 6.61 Å². The molecule has 0 aromatic heterocycles. The third-order valence-electron chi connectivity index (χ3n) is 3.91. The molecule has 0 unspecified atom stereocenters. The van der Waals surface area contributed by atoms with Crippen LogP contribution in [0.25, 0.3) is 0 Å². The molecule has 27 heavy (non-hydrogen) atoms. The Labute approximate surface area is 164 Å². The van der Waals surface area contributed by atoms with E-state index >= 15 is 0 Å². The van der Waals surface area contributed by atoms with E-state index in [4.69, 9.17) is 26.3 Å². The van der Waals surface area contributed by atoms with E-state index in [1.165, 1.54) is 23.3 Å². The number of carboxylic acid groups (broad SMARTS) is 1. The molecular weight excluding hydrogens is 366 g/mol. The number of nitrogens with zero attached hydrogens (tertiary/aromatic N) is 1. The molecule has 6 heteroatoms. The van der Waals surface area contributed by atoms with Crippen molar-refractivity contribution < 1.29 is 19.5 Å². The highest BCUT2D eigenvalue weighted by molar-refractivity contribution is 6.33. The van der Waals surface area contributed by atoms with Crippen LogP contribution >= 0.6 is 11.6 Å². The summed E-state index contributed by atoms with van der Waals surface area (Å²) in [6.07, 6.45) is 2.40. The van der Waals surface area contributed by atoms with Crippen molar-refractivity contribution in [3.63, 3.8) is 0 Å². The summed E-state index contributed by atoms with van der Waals surface area (Å²) in [5.41, 5.74) is 2.65. The van der Waals surface area contributed by atoms with E-state index in [0.29, 0.717) is 12.2 Å². The summed E-state index contributed by atoms with van der Waals surface area (Å²) in [4.78, 5) is 16.1. The standard InChI is InChI=1S/C21H24ClNO4/c1-21(2,3)16-6-4-15(5-7-16)10-11-23-27-13-12-26-17-8-9-18(20(24)25)19(22)14-17/h4-9,11,14H,10,12-13H2,1-3H3,(H,24,25). The maximum absolute atomic E-state index is 10.9. The number of benzene rings is 2. The Morgan fingerprint density at radius 2 is 1.85 bits per heavy atom. The third-order valence-corrected chi connectivity index (χ3v) is 4.22. The smallest absolute Gasteiger partial charge is 0.337 e. The molecule has 2 aromatic carbocycles. The van der Waals surface area contributed by atoms with Gasteiger partial charge in [-0.1, -0.05) is 61.8 Å². The fraction of sp³-hybridized carbons (Fsp3) is 0.333. The molecule has 0 bridgehead atoms. The molecule has 1 N–H and O–H groups in total. The van der Waals surface area contributed by atoms with Gasteiger partial charge in [-0.3, -0.25) is 0 Å². The van der Waals surface area contributed by atoms with E-state index in [9.17, 15) is 4.79 Å². The van der Waals surface area contributed by atoms with Crippen molar-refractivity contribution in [3.8, 4) is 5.75 Å². The topological polar surface area (TPSA) is 68.1 Å². The minimum absolute atomic E-state index is 0.0420. The van der Waals surface area contributed by atoms with E-state index in [2.05, 4.69) is 50.2 Å². The normalized spacial score (nSPS) is 11.6. The second kappa shape index (κ2) is 9.42. The van der Waals surface area contributed by atoms with Crippen molar-refractivity contribution >= 4 is 23.8 Å².